The van der Waals surface area contributed by atoms with Crippen LogP contribution in [0.15, 0.2) is 4.99 Å². The summed E-state index contributed by atoms with van der Waals surface area (Å²) in [5.41, 5.74) is 0. The van der Waals surface area contributed by atoms with Crippen LogP contribution in [0.2, 0.25) is 0 Å². The molecule has 1 aliphatic heterocycles. The van der Waals surface area contributed by atoms with Crippen LogP contribution in [0.3, 0.4) is 0 Å². The van der Waals surface area contributed by atoms with Gasteiger partial charge in [-0.3, -0.25) is 4.99 Å². The zero-order valence-electron chi connectivity index (χ0n) is 10.7. The average Bonchev–Trinajstić information content (AvgIpc) is 2.76. The van der Waals surface area contributed by atoms with E-state index in [4.69, 9.17) is 4.99 Å². The molecule has 92 valence electrons. The summed E-state index contributed by atoms with van der Waals surface area (Å²) >= 11 is 1.92. The van der Waals surface area contributed by atoms with Crippen molar-refractivity contribution in [1.82, 2.24) is 5.32 Å². The van der Waals surface area contributed by atoms with Crippen LogP contribution < -0.4 is 5.32 Å². The van der Waals surface area contributed by atoms with E-state index < -0.39 is 0 Å². The maximum absolute atomic E-state index is 4.81. The monoisotopic (exact) mass is 240 g/mol. The number of nitrogens with one attached hydrogen (secondary N) is 1. The second-order valence-electron chi connectivity index (χ2n) is 5.57. The Morgan fingerprint density at radius 2 is 2.31 bits per heavy atom. The maximum Gasteiger partial charge on any atom is 0.157 e. The van der Waals surface area contributed by atoms with E-state index >= 15 is 0 Å². The van der Waals surface area contributed by atoms with Crippen LogP contribution in [0.1, 0.15) is 46.5 Å². The Bertz CT molecular complexity index is 263. The summed E-state index contributed by atoms with van der Waals surface area (Å²) in [5, 5.41) is 4.79. The van der Waals surface area contributed by atoms with Gasteiger partial charge in [0.2, 0.25) is 0 Å². The first kappa shape index (κ1) is 12.3. The molecule has 2 nitrogen and oxygen atoms in total. The lowest BCUT2D eigenvalue weighted by atomic mass is 10.1. The largest absolute Gasteiger partial charge is 0.361 e. The normalized spacial score (nSPS) is 35.8. The van der Waals surface area contributed by atoms with Gasteiger partial charge < -0.3 is 5.32 Å². The lowest BCUT2D eigenvalue weighted by Crippen LogP contribution is -2.28. The molecular formula is C13H24N2S. The van der Waals surface area contributed by atoms with Gasteiger partial charge in [0.05, 0.1) is 6.04 Å². The number of nitrogens with zero attached hydrogens (tertiary/aromatic N) is 1. The lowest BCUT2D eigenvalue weighted by molar-refractivity contribution is 0.502. The van der Waals surface area contributed by atoms with E-state index in [1.807, 2.05) is 11.8 Å². The fourth-order valence-electron chi connectivity index (χ4n) is 2.43. The quantitative estimate of drug-likeness (QED) is 0.797. The van der Waals surface area contributed by atoms with Gasteiger partial charge in [-0.2, -0.15) is 0 Å². The number of hydrogen-bond donors (Lipinski definition) is 1. The van der Waals surface area contributed by atoms with Crippen LogP contribution in [0.25, 0.3) is 0 Å². The molecule has 3 unspecified atom stereocenters. The highest BCUT2D eigenvalue weighted by Gasteiger charge is 2.37. The number of hydrogen-bond acceptors (Lipinski definition) is 2. The van der Waals surface area contributed by atoms with Gasteiger partial charge in [0.15, 0.2) is 5.17 Å². The van der Waals surface area contributed by atoms with Gasteiger partial charge in [-0.15, -0.1) is 0 Å². The minimum Gasteiger partial charge on any atom is -0.361 e. The van der Waals surface area contributed by atoms with E-state index in [1.165, 1.54) is 36.6 Å². The fourth-order valence-corrected chi connectivity index (χ4v) is 3.47. The molecule has 1 heterocycles. The zero-order valence-corrected chi connectivity index (χ0v) is 11.5. The van der Waals surface area contributed by atoms with Crippen molar-refractivity contribution in [2.24, 2.45) is 16.8 Å². The van der Waals surface area contributed by atoms with Crippen LogP contribution >= 0.6 is 11.8 Å². The van der Waals surface area contributed by atoms with Gasteiger partial charge >= 0.3 is 0 Å². The molecule has 1 N–H and O–H groups in total. The predicted octanol–water partition coefficient (Wildman–Crippen LogP) is 3.28. The molecule has 0 spiro atoms. The maximum atomic E-state index is 4.81. The standard InChI is InChI=1S/C13H24N2S/c1-4-5-10-7-12(10)15-13-14-11(8-16-13)6-9(2)3/h9-12H,4-8H2,1-3H3,(H,14,15). The van der Waals surface area contributed by atoms with E-state index in [9.17, 15) is 0 Å². The second kappa shape index (κ2) is 5.44. The van der Waals surface area contributed by atoms with E-state index in [1.54, 1.807) is 0 Å². The molecule has 0 aromatic carbocycles. The van der Waals surface area contributed by atoms with Crippen molar-refractivity contribution in [1.29, 1.82) is 0 Å². The molecule has 0 amide bonds. The number of rotatable bonds is 5. The van der Waals surface area contributed by atoms with Gasteiger partial charge in [-0.1, -0.05) is 39.0 Å². The lowest BCUT2D eigenvalue weighted by Gasteiger charge is -2.11. The Kier molecular flexibility index (Phi) is 4.17. The molecule has 1 aliphatic carbocycles. The van der Waals surface area contributed by atoms with Crippen LogP contribution in [-0.4, -0.2) is 23.0 Å². The molecule has 2 fully saturated rings. The molecule has 1 saturated carbocycles. The molecule has 2 rings (SSSR count). The Hall–Kier alpha value is -0.180. The van der Waals surface area contributed by atoms with Gasteiger partial charge in [-0.25, -0.2) is 0 Å². The summed E-state index contributed by atoms with van der Waals surface area (Å²) < 4.78 is 0. The van der Waals surface area contributed by atoms with Crippen molar-refractivity contribution in [2.45, 2.75) is 58.5 Å². The summed E-state index contributed by atoms with van der Waals surface area (Å²) in [6, 6.07) is 1.31. The first-order valence-corrected chi connectivity index (χ1v) is 7.64. The molecule has 1 saturated heterocycles. The van der Waals surface area contributed by atoms with Crippen molar-refractivity contribution in [2.75, 3.05) is 5.75 Å². The van der Waals surface area contributed by atoms with E-state index in [0.717, 1.165) is 11.8 Å². The van der Waals surface area contributed by atoms with Crippen LogP contribution in [0, 0.1) is 11.8 Å². The van der Waals surface area contributed by atoms with Crippen molar-refractivity contribution in [3.8, 4) is 0 Å². The SMILES string of the molecule is CCCC1CC1N=C1NC(CC(C)C)CS1. The molecular weight excluding hydrogens is 216 g/mol. The Labute approximate surface area is 104 Å². The Balaban J connectivity index is 1.74. The minimum absolute atomic E-state index is 0.646. The fraction of sp³-hybridized carbons (Fsp3) is 0.923. The Morgan fingerprint density at radius 1 is 1.50 bits per heavy atom. The van der Waals surface area contributed by atoms with Gasteiger partial charge in [-0.05, 0) is 31.1 Å². The van der Waals surface area contributed by atoms with Crippen molar-refractivity contribution < 1.29 is 0 Å². The number of amidine groups is 1. The minimum atomic E-state index is 0.646. The molecule has 0 aromatic heterocycles. The second-order valence-corrected chi connectivity index (χ2v) is 6.58. The first-order chi connectivity index (χ1) is 7.69. The summed E-state index contributed by atoms with van der Waals surface area (Å²) in [6.07, 6.45) is 5.27. The summed E-state index contributed by atoms with van der Waals surface area (Å²) in [5.74, 6) is 2.89. The van der Waals surface area contributed by atoms with E-state index in [0.29, 0.717) is 12.1 Å². The molecule has 2 aliphatic rings. The van der Waals surface area contributed by atoms with Gasteiger partial charge in [0.1, 0.15) is 0 Å². The van der Waals surface area contributed by atoms with E-state index in [-0.39, 0.29) is 0 Å². The Morgan fingerprint density at radius 3 is 3.00 bits per heavy atom. The number of thioether (sulfide) groups is 1. The smallest absolute Gasteiger partial charge is 0.157 e. The molecule has 3 atom stereocenters. The van der Waals surface area contributed by atoms with Crippen molar-refractivity contribution >= 4 is 16.9 Å². The first-order valence-electron chi connectivity index (χ1n) is 6.66. The molecule has 3 heteroatoms. The third kappa shape index (κ3) is 3.41. The topological polar surface area (TPSA) is 24.4 Å². The van der Waals surface area contributed by atoms with Crippen LogP contribution in [0.5, 0.6) is 0 Å². The van der Waals surface area contributed by atoms with Crippen LogP contribution in [-0.2, 0) is 0 Å². The molecule has 16 heavy (non-hydrogen) atoms. The predicted molar refractivity (Wildman–Crippen MR) is 73.1 cm³/mol. The molecule has 0 radical (unpaired) electrons. The summed E-state index contributed by atoms with van der Waals surface area (Å²) in [7, 11) is 0. The van der Waals surface area contributed by atoms with Gasteiger partial charge in [0, 0.05) is 11.8 Å². The van der Waals surface area contributed by atoms with Gasteiger partial charge in [0.25, 0.3) is 0 Å². The molecule has 0 aromatic rings. The van der Waals surface area contributed by atoms with E-state index in [2.05, 4.69) is 26.1 Å². The van der Waals surface area contributed by atoms with Crippen molar-refractivity contribution in [3.63, 3.8) is 0 Å². The number of aliphatic imine (C=N–C) groups is 1. The third-order valence-corrected chi connectivity index (χ3v) is 4.40. The highest BCUT2D eigenvalue weighted by atomic mass is 32.2. The molecule has 0 bridgehead atoms. The summed E-state index contributed by atoms with van der Waals surface area (Å²) in [4.78, 5) is 4.81. The summed E-state index contributed by atoms with van der Waals surface area (Å²) in [6.45, 7) is 6.85. The zero-order chi connectivity index (χ0) is 11.5. The highest BCUT2D eigenvalue weighted by molar-refractivity contribution is 8.14. The highest BCUT2D eigenvalue weighted by Crippen LogP contribution is 2.38. The third-order valence-electron chi connectivity index (χ3n) is 3.33. The average molecular weight is 240 g/mol. The van der Waals surface area contributed by atoms with Crippen molar-refractivity contribution in [3.05, 3.63) is 0 Å². The van der Waals surface area contributed by atoms with Crippen LogP contribution in [0.4, 0.5) is 0 Å².